The standard InChI is InChI=1S/C14H10F3N3O3S/c1-20-9-5-4-8(23-14(15,16)17)7-11(9)24-13(20)19-18-12(21)10-3-2-6-22-10/h2-7H,1H3,(H,18,21)/b19-13-. The van der Waals surface area contributed by atoms with Crippen molar-refractivity contribution < 1.29 is 27.1 Å². The number of alkyl halides is 3. The lowest BCUT2D eigenvalue weighted by molar-refractivity contribution is -0.274. The number of carbonyl (C=O) groups is 1. The maximum absolute atomic E-state index is 12.3. The molecule has 126 valence electrons. The van der Waals surface area contributed by atoms with Crippen molar-refractivity contribution in [2.45, 2.75) is 6.36 Å². The molecule has 1 aromatic carbocycles. The summed E-state index contributed by atoms with van der Waals surface area (Å²) in [6, 6.07) is 7.02. The molecule has 2 aromatic heterocycles. The third kappa shape index (κ3) is 3.43. The fraction of sp³-hybridized carbons (Fsp3) is 0.143. The van der Waals surface area contributed by atoms with Gasteiger partial charge in [-0.1, -0.05) is 11.3 Å². The Morgan fingerprint density at radius 1 is 1.38 bits per heavy atom. The number of nitrogens with one attached hydrogen (secondary N) is 1. The van der Waals surface area contributed by atoms with Crippen molar-refractivity contribution in [3.8, 4) is 5.75 Å². The zero-order valence-corrected chi connectivity index (χ0v) is 12.9. The summed E-state index contributed by atoms with van der Waals surface area (Å²) < 4.78 is 47.8. The molecule has 2 heterocycles. The minimum absolute atomic E-state index is 0.100. The third-order valence-electron chi connectivity index (χ3n) is 3.01. The second kappa shape index (κ2) is 6.04. The van der Waals surface area contributed by atoms with Crippen molar-refractivity contribution >= 4 is 27.5 Å². The second-order valence-electron chi connectivity index (χ2n) is 4.65. The fourth-order valence-corrected chi connectivity index (χ4v) is 2.99. The molecule has 3 aromatic rings. The Hall–Kier alpha value is -2.75. The van der Waals surface area contributed by atoms with E-state index in [1.165, 1.54) is 30.5 Å². The number of halogens is 3. The van der Waals surface area contributed by atoms with E-state index in [2.05, 4.69) is 15.3 Å². The number of ether oxygens (including phenoxy) is 1. The molecule has 10 heteroatoms. The number of fused-ring (bicyclic) bond motifs is 1. The van der Waals surface area contributed by atoms with Gasteiger partial charge in [0.2, 0.25) is 4.80 Å². The van der Waals surface area contributed by atoms with Crippen LogP contribution in [0.25, 0.3) is 10.2 Å². The summed E-state index contributed by atoms with van der Waals surface area (Å²) in [4.78, 5) is 12.2. The Balaban J connectivity index is 1.90. The maximum atomic E-state index is 12.3. The van der Waals surface area contributed by atoms with E-state index in [9.17, 15) is 18.0 Å². The van der Waals surface area contributed by atoms with Crippen LogP contribution in [0.4, 0.5) is 13.2 Å². The quantitative estimate of drug-likeness (QED) is 0.733. The molecule has 24 heavy (non-hydrogen) atoms. The van der Waals surface area contributed by atoms with Crippen LogP contribution in [0.3, 0.4) is 0 Å². The number of thiazole rings is 1. The molecule has 0 unspecified atom stereocenters. The van der Waals surface area contributed by atoms with Gasteiger partial charge in [0.05, 0.1) is 16.5 Å². The number of carbonyl (C=O) groups excluding carboxylic acids is 1. The predicted molar refractivity (Wildman–Crippen MR) is 79.2 cm³/mol. The van der Waals surface area contributed by atoms with Crippen LogP contribution in [-0.2, 0) is 7.05 Å². The number of rotatable bonds is 3. The average molecular weight is 357 g/mol. The van der Waals surface area contributed by atoms with Gasteiger partial charge in [0.1, 0.15) is 5.75 Å². The van der Waals surface area contributed by atoms with Crippen LogP contribution in [0.2, 0.25) is 0 Å². The molecule has 1 amide bonds. The molecule has 0 aliphatic rings. The molecular weight excluding hydrogens is 347 g/mol. The van der Waals surface area contributed by atoms with Crippen molar-refractivity contribution in [3.05, 3.63) is 47.2 Å². The molecule has 0 spiro atoms. The Morgan fingerprint density at radius 3 is 2.83 bits per heavy atom. The number of benzene rings is 1. The summed E-state index contributed by atoms with van der Waals surface area (Å²) in [7, 11) is 1.68. The van der Waals surface area contributed by atoms with E-state index < -0.39 is 12.3 Å². The number of aromatic nitrogens is 1. The Morgan fingerprint density at radius 2 is 2.17 bits per heavy atom. The number of hydrogen-bond donors (Lipinski definition) is 1. The summed E-state index contributed by atoms with van der Waals surface area (Å²) >= 11 is 1.11. The highest BCUT2D eigenvalue weighted by molar-refractivity contribution is 7.16. The SMILES string of the molecule is Cn1/c(=N/NC(=O)c2ccco2)sc2cc(OC(F)(F)F)ccc21. The Labute approximate surface area is 136 Å². The van der Waals surface area contributed by atoms with Crippen molar-refractivity contribution in [3.63, 3.8) is 0 Å². The van der Waals surface area contributed by atoms with Gasteiger partial charge in [0, 0.05) is 7.05 Å². The van der Waals surface area contributed by atoms with E-state index in [0.717, 1.165) is 11.3 Å². The van der Waals surface area contributed by atoms with Crippen LogP contribution in [-0.4, -0.2) is 16.8 Å². The molecule has 3 rings (SSSR count). The minimum atomic E-state index is -4.75. The first kappa shape index (κ1) is 16.1. The van der Waals surface area contributed by atoms with Crippen LogP contribution < -0.4 is 15.0 Å². The van der Waals surface area contributed by atoms with Crippen molar-refractivity contribution in [1.29, 1.82) is 0 Å². The van der Waals surface area contributed by atoms with E-state index in [-0.39, 0.29) is 11.5 Å². The van der Waals surface area contributed by atoms with Crippen LogP contribution >= 0.6 is 11.3 Å². The molecule has 0 aliphatic carbocycles. The highest BCUT2D eigenvalue weighted by atomic mass is 32.1. The molecule has 0 aliphatic heterocycles. The van der Waals surface area contributed by atoms with Gasteiger partial charge in [-0.2, -0.15) is 0 Å². The normalized spacial score (nSPS) is 12.6. The molecule has 6 nitrogen and oxygen atoms in total. The van der Waals surface area contributed by atoms with Gasteiger partial charge in [-0.25, -0.2) is 5.43 Å². The molecule has 0 bridgehead atoms. The zero-order chi connectivity index (χ0) is 17.3. The van der Waals surface area contributed by atoms with E-state index in [1.807, 2.05) is 0 Å². The lowest BCUT2D eigenvalue weighted by Crippen LogP contribution is -2.22. The van der Waals surface area contributed by atoms with Crippen molar-refractivity contribution in [2.24, 2.45) is 12.1 Å². The van der Waals surface area contributed by atoms with Gasteiger partial charge < -0.3 is 13.7 Å². The monoisotopic (exact) mass is 357 g/mol. The molecule has 0 fully saturated rings. The predicted octanol–water partition coefficient (Wildman–Crippen LogP) is 2.98. The van der Waals surface area contributed by atoms with E-state index in [0.29, 0.717) is 15.0 Å². The van der Waals surface area contributed by atoms with Gasteiger partial charge in [-0.3, -0.25) is 4.79 Å². The summed E-state index contributed by atoms with van der Waals surface area (Å²) in [6.07, 6.45) is -3.39. The van der Waals surface area contributed by atoms with Crippen molar-refractivity contribution in [1.82, 2.24) is 9.99 Å². The molecule has 1 N–H and O–H groups in total. The summed E-state index contributed by atoms with van der Waals surface area (Å²) in [6.45, 7) is 0. The second-order valence-corrected chi connectivity index (χ2v) is 5.66. The van der Waals surface area contributed by atoms with E-state index in [4.69, 9.17) is 4.42 Å². The van der Waals surface area contributed by atoms with Gasteiger partial charge in [-0.15, -0.1) is 18.3 Å². The fourth-order valence-electron chi connectivity index (χ4n) is 1.98. The lowest BCUT2D eigenvalue weighted by atomic mass is 10.3. The molecular formula is C14H10F3N3O3S. The number of nitrogens with zero attached hydrogens (tertiary/aromatic N) is 2. The molecule has 0 saturated carbocycles. The molecule has 0 radical (unpaired) electrons. The van der Waals surface area contributed by atoms with Gasteiger partial charge >= 0.3 is 12.3 Å². The van der Waals surface area contributed by atoms with Crippen LogP contribution in [0, 0.1) is 0 Å². The first-order valence-electron chi connectivity index (χ1n) is 6.56. The van der Waals surface area contributed by atoms with E-state index >= 15 is 0 Å². The zero-order valence-electron chi connectivity index (χ0n) is 12.1. The number of hydrogen-bond acceptors (Lipinski definition) is 5. The summed E-state index contributed by atoms with van der Waals surface area (Å²) in [5.74, 6) is -0.745. The molecule has 0 atom stereocenters. The van der Waals surface area contributed by atoms with Gasteiger partial charge in [-0.05, 0) is 30.3 Å². The number of aryl methyl sites for hydroxylation is 1. The maximum Gasteiger partial charge on any atom is 0.573 e. The van der Waals surface area contributed by atoms with Crippen molar-refractivity contribution in [2.75, 3.05) is 0 Å². The largest absolute Gasteiger partial charge is 0.573 e. The summed E-state index contributed by atoms with van der Waals surface area (Å²) in [5, 5.41) is 3.96. The third-order valence-corrected chi connectivity index (χ3v) is 4.11. The minimum Gasteiger partial charge on any atom is -0.459 e. The Kier molecular flexibility index (Phi) is 4.06. The smallest absolute Gasteiger partial charge is 0.459 e. The highest BCUT2D eigenvalue weighted by Gasteiger charge is 2.31. The van der Waals surface area contributed by atoms with Gasteiger partial charge in [0.25, 0.3) is 0 Å². The van der Waals surface area contributed by atoms with Gasteiger partial charge in [0.15, 0.2) is 5.76 Å². The first-order chi connectivity index (χ1) is 11.3. The summed E-state index contributed by atoms with van der Waals surface area (Å²) in [5.41, 5.74) is 2.98. The van der Waals surface area contributed by atoms with Crippen LogP contribution in [0.5, 0.6) is 5.75 Å². The van der Waals surface area contributed by atoms with Crippen LogP contribution in [0.15, 0.2) is 46.1 Å². The highest BCUT2D eigenvalue weighted by Crippen LogP contribution is 2.27. The first-order valence-corrected chi connectivity index (χ1v) is 7.38. The molecule has 0 saturated heterocycles. The lowest BCUT2D eigenvalue weighted by Gasteiger charge is -2.08. The Bertz CT molecular complexity index is 942. The number of furan rings is 1. The average Bonchev–Trinajstić information content (AvgIpc) is 3.12. The number of amides is 1. The van der Waals surface area contributed by atoms with E-state index in [1.54, 1.807) is 17.7 Å². The van der Waals surface area contributed by atoms with Crippen LogP contribution in [0.1, 0.15) is 10.6 Å². The topological polar surface area (TPSA) is 68.8 Å².